The highest BCUT2D eigenvalue weighted by Gasteiger charge is 2.20. The van der Waals surface area contributed by atoms with Crippen LogP contribution in [0, 0.1) is 0 Å². The number of hydrogen-bond donors (Lipinski definition) is 2. The Labute approximate surface area is 108 Å². The Kier molecular flexibility index (Phi) is 4.36. The van der Waals surface area contributed by atoms with Crippen LogP contribution in [0.15, 0.2) is 12.3 Å². The third-order valence-corrected chi connectivity index (χ3v) is 4.65. The highest BCUT2D eigenvalue weighted by Crippen LogP contribution is 2.09. The van der Waals surface area contributed by atoms with Crippen LogP contribution in [0.4, 0.5) is 0 Å². The lowest BCUT2D eigenvalue weighted by molar-refractivity contribution is 0.422. The zero-order valence-corrected chi connectivity index (χ0v) is 11.4. The van der Waals surface area contributed by atoms with Crippen LogP contribution < -0.4 is 10.0 Å². The molecule has 0 bridgehead atoms. The fraction of sp³-hybridized carbons (Fsp3) is 0.727. The first-order chi connectivity index (χ1) is 8.57. The zero-order chi connectivity index (χ0) is 13.0. The maximum absolute atomic E-state index is 11.9. The lowest BCUT2D eigenvalue weighted by Crippen LogP contribution is -2.42. The molecular formula is C11H20N4O2S. The van der Waals surface area contributed by atoms with E-state index in [4.69, 9.17) is 0 Å². The average molecular weight is 272 g/mol. The molecule has 7 heteroatoms. The summed E-state index contributed by atoms with van der Waals surface area (Å²) in [6.45, 7) is 1.22. The quantitative estimate of drug-likeness (QED) is 0.790. The molecule has 6 nitrogen and oxygen atoms in total. The second-order valence-electron chi connectivity index (χ2n) is 4.70. The number of aryl methyl sites for hydroxylation is 1. The van der Waals surface area contributed by atoms with Crippen molar-refractivity contribution in [2.24, 2.45) is 7.05 Å². The van der Waals surface area contributed by atoms with Crippen molar-refractivity contribution >= 4 is 10.0 Å². The Morgan fingerprint density at radius 1 is 1.56 bits per heavy atom. The van der Waals surface area contributed by atoms with Crippen molar-refractivity contribution < 1.29 is 8.42 Å². The summed E-state index contributed by atoms with van der Waals surface area (Å²) in [6, 6.07) is 1.89. The normalized spacial score (nSPS) is 21.1. The van der Waals surface area contributed by atoms with E-state index in [9.17, 15) is 8.42 Å². The molecule has 0 aliphatic carbocycles. The second-order valence-corrected chi connectivity index (χ2v) is 6.55. The standard InChI is InChI=1S/C11H20N4O2S/c1-15-11(5-7-13-15)8-14-18(16,17)9-10-4-2-3-6-12-10/h5,7,10,12,14H,2-4,6,8-9H2,1H3. The molecule has 1 saturated heterocycles. The van der Waals surface area contributed by atoms with Gasteiger partial charge in [0, 0.05) is 19.3 Å². The molecule has 2 N–H and O–H groups in total. The number of rotatable bonds is 5. The summed E-state index contributed by atoms with van der Waals surface area (Å²) in [4.78, 5) is 0. The Hall–Kier alpha value is -0.920. The molecule has 0 saturated carbocycles. The zero-order valence-electron chi connectivity index (χ0n) is 10.6. The lowest BCUT2D eigenvalue weighted by atomic mass is 10.1. The van der Waals surface area contributed by atoms with Gasteiger partial charge >= 0.3 is 0 Å². The Balaban J connectivity index is 1.85. The van der Waals surface area contributed by atoms with Crippen LogP contribution in [0.3, 0.4) is 0 Å². The molecule has 1 aliphatic heterocycles. The smallest absolute Gasteiger partial charge is 0.213 e. The summed E-state index contributed by atoms with van der Waals surface area (Å²) in [6.07, 6.45) is 4.84. The van der Waals surface area contributed by atoms with Gasteiger partial charge in [-0.05, 0) is 25.5 Å². The predicted molar refractivity (Wildman–Crippen MR) is 69.5 cm³/mol. The molecular weight excluding hydrogens is 252 g/mol. The highest BCUT2D eigenvalue weighted by atomic mass is 32.2. The number of hydrogen-bond acceptors (Lipinski definition) is 4. The summed E-state index contributed by atoms with van der Waals surface area (Å²) in [5, 5.41) is 7.25. The van der Waals surface area contributed by atoms with Gasteiger partial charge in [0.05, 0.1) is 18.0 Å². The summed E-state index contributed by atoms with van der Waals surface area (Å²) < 4.78 is 28.1. The molecule has 2 heterocycles. The van der Waals surface area contributed by atoms with Crippen molar-refractivity contribution in [1.82, 2.24) is 19.8 Å². The van der Waals surface area contributed by atoms with Gasteiger partial charge in [-0.1, -0.05) is 6.42 Å². The van der Waals surface area contributed by atoms with Crippen molar-refractivity contribution in [2.75, 3.05) is 12.3 Å². The number of nitrogens with one attached hydrogen (secondary N) is 2. The Bertz CT molecular complexity index is 477. The third kappa shape index (κ3) is 3.79. The molecule has 18 heavy (non-hydrogen) atoms. The predicted octanol–water partition coefficient (Wildman–Crippen LogP) is -0.0184. The largest absolute Gasteiger partial charge is 0.313 e. The summed E-state index contributed by atoms with van der Waals surface area (Å²) in [5.41, 5.74) is 0.857. The number of piperidine rings is 1. The van der Waals surface area contributed by atoms with E-state index in [0.29, 0.717) is 6.54 Å². The first kappa shape index (κ1) is 13.5. The van der Waals surface area contributed by atoms with Crippen molar-refractivity contribution in [3.63, 3.8) is 0 Å². The fourth-order valence-electron chi connectivity index (χ4n) is 2.15. The van der Waals surface area contributed by atoms with Gasteiger partial charge in [0.15, 0.2) is 0 Å². The fourth-order valence-corrected chi connectivity index (χ4v) is 3.45. The molecule has 1 unspecified atom stereocenters. The van der Waals surface area contributed by atoms with Crippen molar-refractivity contribution in [3.8, 4) is 0 Å². The maximum atomic E-state index is 11.9. The minimum absolute atomic E-state index is 0.0859. The van der Waals surface area contributed by atoms with Gasteiger partial charge in [0.1, 0.15) is 0 Å². The van der Waals surface area contributed by atoms with Gasteiger partial charge in [-0.2, -0.15) is 5.10 Å². The van der Waals surface area contributed by atoms with Gasteiger partial charge in [-0.15, -0.1) is 0 Å². The van der Waals surface area contributed by atoms with Crippen LogP contribution in [-0.2, 0) is 23.6 Å². The minimum Gasteiger partial charge on any atom is -0.313 e. The van der Waals surface area contributed by atoms with Crippen LogP contribution in [0.1, 0.15) is 25.0 Å². The molecule has 0 amide bonds. The Morgan fingerprint density at radius 2 is 2.39 bits per heavy atom. The topological polar surface area (TPSA) is 76.0 Å². The number of sulfonamides is 1. The van der Waals surface area contributed by atoms with Gasteiger partial charge in [0.25, 0.3) is 0 Å². The molecule has 0 aromatic carbocycles. The summed E-state index contributed by atoms with van der Waals surface area (Å²) in [7, 11) is -1.43. The van der Waals surface area contributed by atoms with Gasteiger partial charge in [0.2, 0.25) is 10.0 Å². The van der Waals surface area contributed by atoms with E-state index in [1.165, 1.54) is 0 Å². The first-order valence-electron chi connectivity index (χ1n) is 6.24. The van der Waals surface area contributed by atoms with E-state index < -0.39 is 10.0 Å². The molecule has 1 aromatic rings. The SMILES string of the molecule is Cn1nccc1CNS(=O)(=O)CC1CCCCN1. The van der Waals surface area contributed by atoms with E-state index in [0.717, 1.165) is 31.5 Å². The van der Waals surface area contributed by atoms with Crippen LogP contribution in [0.25, 0.3) is 0 Å². The van der Waals surface area contributed by atoms with Crippen molar-refractivity contribution in [3.05, 3.63) is 18.0 Å². The van der Waals surface area contributed by atoms with Crippen molar-refractivity contribution in [1.29, 1.82) is 0 Å². The molecule has 1 aliphatic rings. The highest BCUT2D eigenvalue weighted by molar-refractivity contribution is 7.89. The Morgan fingerprint density at radius 3 is 3.00 bits per heavy atom. The van der Waals surface area contributed by atoms with E-state index in [1.807, 2.05) is 0 Å². The molecule has 1 atom stereocenters. The van der Waals surface area contributed by atoms with E-state index >= 15 is 0 Å². The molecule has 1 fully saturated rings. The monoisotopic (exact) mass is 272 g/mol. The molecule has 0 radical (unpaired) electrons. The van der Waals surface area contributed by atoms with Gasteiger partial charge < -0.3 is 5.32 Å². The van der Waals surface area contributed by atoms with Crippen LogP contribution in [0.5, 0.6) is 0 Å². The van der Waals surface area contributed by atoms with Gasteiger partial charge in [-0.3, -0.25) is 4.68 Å². The summed E-state index contributed by atoms with van der Waals surface area (Å²) >= 11 is 0. The third-order valence-electron chi connectivity index (χ3n) is 3.23. The van der Waals surface area contributed by atoms with E-state index in [2.05, 4.69) is 15.1 Å². The second kappa shape index (κ2) is 5.81. The summed E-state index contributed by atoms with van der Waals surface area (Å²) in [5.74, 6) is 0.158. The molecule has 102 valence electrons. The van der Waals surface area contributed by atoms with Crippen molar-refractivity contribution in [2.45, 2.75) is 31.8 Å². The van der Waals surface area contributed by atoms with Crippen LogP contribution in [-0.4, -0.2) is 36.5 Å². The van der Waals surface area contributed by atoms with Crippen LogP contribution >= 0.6 is 0 Å². The number of aromatic nitrogens is 2. The van der Waals surface area contributed by atoms with E-state index in [-0.39, 0.29) is 11.8 Å². The maximum Gasteiger partial charge on any atom is 0.213 e. The molecule has 1 aromatic heterocycles. The average Bonchev–Trinajstić information content (AvgIpc) is 2.73. The molecule has 2 rings (SSSR count). The van der Waals surface area contributed by atoms with Gasteiger partial charge in [-0.25, -0.2) is 13.1 Å². The number of nitrogens with zero attached hydrogens (tertiary/aromatic N) is 2. The van der Waals surface area contributed by atoms with Crippen LogP contribution in [0.2, 0.25) is 0 Å². The minimum atomic E-state index is -3.23. The lowest BCUT2D eigenvalue weighted by Gasteiger charge is -2.23. The first-order valence-corrected chi connectivity index (χ1v) is 7.90. The van der Waals surface area contributed by atoms with E-state index in [1.54, 1.807) is 24.0 Å². The molecule has 0 spiro atoms.